The fourth-order valence-corrected chi connectivity index (χ4v) is 2.73. The van der Waals surface area contributed by atoms with Gasteiger partial charge in [-0.25, -0.2) is 0 Å². The number of rotatable bonds is 6. The zero-order valence-electron chi connectivity index (χ0n) is 12.3. The van der Waals surface area contributed by atoms with Crippen LogP contribution in [0.2, 0.25) is 0 Å². The molecule has 3 unspecified atom stereocenters. The van der Waals surface area contributed by atoms with E-state index in [1.807, 2.05) is 0 Å². The molecule has 22 heavy (non-hydrogen) atoms. The van der Waals surface area contributed by atoms with E-state index >= 15 is 0 Å². The Labute approximate surface area is 127 Å². The van der Waals surface area contributed by atoms with E-state index in [1.54, 1.807) is 12.1 Å². The number of methoxy groups -OCH3 is 1. The smallest absolute Gasteiger partial charge is 0.309 e. The van der Waals surface area contributed by atoms with Crippen LogP contribution in [0.5, 0.6) is 0 Å². The number of anilines is 1. The van der Waals surface area contributed by atoms with E-state index in [-0.39, 0.29) is 29.6 Å². The highest BCUT2D eigenvalue weighted by atomic mass is 16.6. The lowest BCUT2D eigenvalue weighted by molar-refractivity contribution is -0.384. The Morgan fingerprint density at radius 3 is 2.91 bits per heavy atom. The van der Waals surface area contributed by atoms with Crippen molar-refractivity contribution in [1.29, 1.82) is 0 Å². The monoisotopic (exact) mass is 306 g/mol. The number of nitrogens with zero attached hydrogens (tertiary/aromatic N) is 1. The van der Waals surface area contributed by atoms with Crippen LogP contribution in [-0.2, 0) is 14.3 Å². The Kier molecular flexibility index (Phi) is 3.98. The summed E-state index contributed by atoms with van der Waals surface area (Å²) in [5, 5.41) is 14.2. The molecule has 1 aromatic rings. The number of carbonyl (C=O) groups is 1. The maximum atomic E-state index is 11.5. The number of nitro groups is 1. The topological polar surface area (TPSA) is 90.7 Å². The van der Waals surface area contributed by atoms with Crippen LogP contribution in [0.15, 0.2) is 18.2 Å². The molecule has 0 amide bonds. The Bertz CT molecular complexity index is 600. The molecule has 1 saturated heterocycles. The quantitative estimate of drug-likeness (QED) is 0.491. The highest BCUT2D eigenvalue weighted by Gasteiger charge is 2.45. The van der Waals surface area contributed by atoms with E-state index in [0.717, 1.165) is 25.0 Å². The largest absolute Gasteiger partial charge is 0.469 e. The van der Waals surface area contributed by atoms with Crippen molar-refractivity contribution in [2.24, 2.45) is 5.92 Å². The minimum atomic E-state index is -0.404. The van der Waals surface area contributed by atoms with Gasteiger partial charge in [-0.3, -0.25) is 14.9 Å². The van der Waals surface area contributed by atoms with Gasteiger partial charge in [0.1, 0.15) is 5.69 Å². The number of nitro benzene ring substituents is 1. The SMILES string of the molecule is COC(=O)C1CC1c1ccc([N+](=O)[O-])c(NCC2CCO2)c1. The normalized spacial score (nSPS) is 26.0. The van der Waals surface area contributed by atoms with Crippen molar-refractivity contribution in [3.63, 3.8) is 0 Å². The van der Waals surface area contributed by atoms with Gasteiger partial charge in [-0.05, 0) is 30.4 Å². The van der Waals surface area contributed by atoms with E-state index in [0.29, 0.717) is 12.2 Å². The maximum absolute atomic E-state index is 11.5. The fourth-order valence-electron chi connectivity index (χ4n) is 2.73. The van der Waals surface area contributed by atoms with Gasteiger partial charge < -0.3 is 14.8 Å². The molecule has 1 aromatic carbocycles. The first-order valence-corrected chi connectivity index (χ1v) is 7.31. The van der Waals surface area contributed by atoms with Crippen LogP contribution in [-0.4, -0.2) is 37.3 Å². The Morgan fingerprint density at radius 1 is 1.55 bits per heavy atom. The third-order valence-corrected chi connectivity index (χ3v) is 4.25. The van der Waals surface area contributed by atoms with Gasteiger partial charge in [-0.15, -0.1) is 0 Å². The van der Waals surface area contributed by atoms with E-state index in [9.17, 15) is 14.9 Å². The molecule has 1 aliphatic carbocycles. The lowest BCUT2D eigenvalue weighted by Gasteiger charge is -2.26. The summed E-state index contributed by atoms with van der Waals surface area (Å²) in [6.07, 6.45) is 1.82. The van der Waals surface area contributed by atoms with Crippen molar-refractivity contribution in [1.82, 2.24) is 0 Å². The standard InChI is InChI=1S/C15H18N2O5/c1-21-15(18)12-7-11(12)9-2-3-14(17(19)20)13(6-9)16-8-10-4-5-22-10/h2-3,6,10-12,16H,4-5,7-8H2,1H3. The van der Waals surface area contributed by atoms with E-state index in [1.165, 1.54) is 13.2 Å². The minimum absolute atomic E-state index is 0.0401. The van der Waals surface area contributed by atoms with Gasteiger partial charge in [0.05, 0.1) is 24.1 Å². The summed E-state index contributed by atoms with van der Waals surface area (Å²) in [7, 11) is 1.37. The van der Waals surface area contributed by atoms with Crippen molar-refractivity contribution < 1.29 is 19.2 Å². The zero-order chi connectivity index (χ0) is 15.7. The average molecular weight is 306 g/mol. The molecule has 1 saturated carbocycles. The summed E-state index contributed by atoms with van der Waals surface area (Å²) in [6.45, 7) is 1.30. The number of nitrogens with one attached hydrogen (secondary N) is 1. The average Bonchev–Trinajstić information content (AvgIpc) is 3.25. The van der Waals surface area contributed by atoms with E-state index in [4.69, 9.17) is 9.47 Å². The van der Waals surface area contributed by atoms with Gasteiger partial charge >= 0.3 is 5.97 Å². The molecule has 7 nitrogen and oxygen atoms in total. The van der Waals surface area contributed by atoms with E-state index < -0.39 is 4.92 Å². The first-order valence-electron chi connectivity index (χ1n) is 7.31. The number of esters is 1. The molecular formula is C15H18N2O5. The summed E-state index contributed by atoms with van der Waals surface area (Å²) < 4.78 is 10.1. The molecule has 1 heterocycles. The molecule has 3 atom stereocenters. The van der Waals surface area contributed by atoms with Crippen LogP contribution >= 0.6 is 0 Å². The van der Waals surface area contributed by atoms with Crippen molar-refractivity contribution in [2.45, 2.75) is 24.9 Å². The van der Waals surface area contributed by atoms with Crippen molar-refractivity contribution in [2.75, 3.05) is 25.6 Å². The second kappa shape index (κ2) is 5.92. The molecule has 3 rings (SSSR count). The molecule has 7 heteroatoms. The number of carbonyl (C=O) groups excluding carboxylic acids is 1. The van der Waals surface area contributed by atoms with Gasteiger partial charge in [0.2, 0.25) is 0 Å². The Hall–Kier alpha value is -2.15. The van der Waals surface area contributed by atoms with Crippen LogP contribution in [0.25, 0.3) is 0 Å². The molecule has 1 N–H and O–H groups in total. The summed E-state index contributed by atoms with van der Waals surface area (Å²) in [5.41, 5.74) is 1.45. The number of benzene rings is 1. The lowest BCUT2D eigenvalue weighted by atomic mass is 10.1. The number of hydrogen-bond donors (Lipinski definition) is 1. The van der Waals surface area contributed by atoms with Gasteiger partial charge in [-0.1, -0.05) is 6.07 Å². The Balaban J connectivity index is 1.75. The lowest BCUT2D eigenvalue weighted by Crippen LogP contribution is -2.33. The second-order valence-corrected chi connectivity index (χ2v) is 5.67. The van der Waals surface area contributed by atoms with Crippen molar-refractivity contribution >= 4 is 17.3 Å². The van der Waals surface area contributed by atoms with Gasteiger partial charge in [0.15, 0.2) is 0 Å². The first-order chi connectivity index (χ1) is 10.6. The number of ether oxygens (including phenoxy) is 2. The predicted molar refractivity (Wildman–Crippen MR) is 78.8 cm³/mol. The summed E-state index contributed by atoms with van der Waals surface area (Å²) in [5.74, 6) is -0.260. The maximum Gasteiger partial charge on any atom is 0.309 e. The molecule has 2 fully saturated rings. The number of hydrogen-bond acceptors (Lipinski definition) is 6. The Morgan fingerprint density at radius 2 is 2.32 bits per heavy atom. The summed E-state index contributed by atoms with van der Waals surface area (Å²) >= 11 is 0. The molecule has 0 aromatic heterocycles. The van der Waals surface area contributed by atoms with Gasteiger partial charge in [0.25, 0.3) is 5.69 Å². The molecule has 0 bridgehead atoms. The molecule has 118 valence electrons. The minimum Gasteiger partial charge on any atom is -0.469 e. The summed E-state index contributed by atoms with van der Waals surface area (Å²) in [6, 6.07) is 4.98. The van der Waals surface area contributed by atoms with Crippen molar-refractivity contribution in [3.8, 4) is 0 Å². The van der Waals surface area contributed by atoms with Gasteiger partial charge in [-0.2, -0.15) is 0 Å². The second-order valence-electron chi connectivity index (χ2n) is 5.67. The first kappa shape index (κ1) is 14.8. The van der Waals surface area contributed by atoms with Crippen LogP contribution in [0, 0.1) is 16.0 Å². The van der Waals surface area contributed by atoms with Crippen LogP contribution in [0.3, 0.4) is 0 Å². The van der Waals surface area contributed by atoms with Crippen LogP contribution in [0.4, 0.5) is 11.4 Å². The third kappa shape index (κ3) is 2.89. The molecular weight excluding hydrogens is 288 g/mol. The highest BCUT2D eigenvalue weighted by molar-refractivity contribution is 5.77. The third-order valence-electron chi connectivity index (χ3n) is 4.25. The molecule has 0 radical (unpaired) electrons. The van der Waals surface area contributed by atoms with Crippen LogP contribution in [0.1, 0.15) is 24.3 Å². The highest BCUT2D eigenvalue weighted by Crippen LogP contribution is 2.49. The molecule has 0 spiro atoms. The fraction of sp³-hybridized carbons (Fsp3) is 0.533. The van der Waals surface area contributed by atoms with Gasteiger partial charge in [0, 0.05) is 19.2 Å². The summed E-state index contributed by atoms with van der Waals surface area (Å²) in [4.78, 5) is 22.2. The molecule has 2 aliphatic rings. The van der Waals surface area contributed by atoms with Crippen LogP contribution < -0.4 is 5.32 Å². The zero-order valence-corrected chi connectivity index (χ0v) is 12.3. The van der Waals surface area contributed by atoms with E-state index in [2.05, 4.69) is 5.32 Å². The molecule has 1 aliphatic heterocycles. The predicted octanol–water partition coefficient (Wildman–Crippen LogP) is 2.07. The van der Waals surface area contributed by atoms with Crippen molar-refractivity contribution in [3.05, 3.63) is 33.9 Å².